The molecular formula is C12H17BrFN. The normalized spacial score (nSPS) is 13.2. The molecule has 0 saturated heterocycles. The van der Waals surface area contributed by atoms with E-state index in [1.54, 1.807) is 6.07 Å². The van der Waals surface area contributed by atoms with Crippen molar-refractivity contribution in [1.29, 1.82) is 0 Å². The van der Waals surface area contributed by atoms with E-state index in [2.05, 4.69) is 35.1 Å². The largest absolute Gasteiger partial charge is 0.316 e. The Kier molecular flexibility index (Phi) is 4.74. The van der Waals surface area contributed by atoms with Crippen LogP contribution in [0, 0.1) is 11.7 Å². The molecule has 1 aromatic rings. The van der Waals surface area contributed by atoms with E-state index in [9.17, 15) is 4.39 Å². The van der Waals surface area contributed by atoms with Crippen molar-refractivity contribution in [1.82, 2.24) is 5.32 Å². The van der Waals surface area contributed by atoms with Gasteiger partial charge in [-0.05, 0) is 43.1 Å². The smallest absolute Gasteiger partial charge is 0.126 e. The van der Waals surface area contributed by atoms with Crippen LogP contribution in [-0.4, -0.2) is 13.1 Å². The Morgan fingerprint density at radius 1 is 1.40 bits per heavy atom. The van der Waals surface area contributed by atoms with Gasteiger partial charge in [0.15, 0.2) is 0 Å². The number of hydrogen-bond donors (Lipinski definition) is 1. The number of halogens is 2. The SMILES string of the molecule is CNC(Cc1cc(Br)ccc1F)C(C)C. The van der Waals surface area contributed by atoms with Crippen molar-refractivity contribution in [2.45, 2.75) is 26.3 Å². The first-order valence-electron chi connectivity index (χ1n) is 5.15. The first-order valence-corrected chi connectivity index (χ1v) is 5.95. The van der Waals surface area contributed by atoms with E-state index in [1.165, 1.54) is 6.07 Å². The van der Waals surface area contributed by atoms with Gasteiger partial charge in [-0.25, -0.2) is 4.39 Å². The molecule has 1 aromatic carbocycles. The summed E-state index contributed by atoms with van der Waals surface area (Å²) < 4.78 is 14.4. The van der Waals surface area contributed by atoms with E-state index in [-0.39, 0.29) is 5.82 Å². The van der Waals surface area contributed by atoms with Crippen LogP contribution in [0.2, 0.25) is 0 Å². The van der Waals surface area contributed by atoms with E-state index in [1.807, 2.05) is 13.1 Å². The van der Waals surface area contributed by atoms with E-state index in [4.69, 9.17) is 0 Å². The van der Waals surface area contributed by atoms with Gasteiger partial charge in [-0.3, -0.25) is 0 Å². The Hall–Kier alpha value is -0.410. The molecule has 0 radical (unpaired) electrons. The van der Waals surface area contributed by atoms with E-state index >= 15 is 0 Å². The van der Waals surface area contributed by atoms with Crippen LogP contribution in [0.3, 0.4) is 0 Å². The zero-order valence-electron chi connectivity index (χ0n) is 9.35. The molecule has 1 atom stereocenters. The van der Waals surface area contributed by atoms with Gasteiger partial charge in [0.1, 0.15) is 5.82 Å². The van der Waals surface area contributed by atoms with Gasteiger partial charge >= 0.3 is 0 Å². The molecule has 1 nitrogen and oxygen atoms in total. The van der Waals surface area contributed by atoms with Gasteiger partial charge in [-0.15, -0.1) is 0 Å². The van der Waals surface area contributed by atoms with Crippen molar-refractivity contribution in [2.24, 2.45) is 5.92 Å². The third kappa shape index (κ3) is 3.58. The molecule has 0 fully saturated rings. The van der Waals surface area contributed by atoms with Crippen LogP contribution in [0.4, 0.5) is 4.39 Å². The Morgan fingerprint density at radius 3 is 2.60 bits per heavy atom. The van der Waals surface area contributed by atoms with Gasteiger partial charge in [0, 0.05) is 10.5 Å². The summed E-state index contributed by atoms with van der Waals surface area (Å²) in [6.45, 7) is 4.27. The first kappa shape index (κ1) is 12.7. The average Bonchev–Trinajstić information content (AvgIpc) is 2.18. The molecule has 84 valence electrons. The fourth-order valence-electron chi connectivity index (χ4n) is 1.61. The van der Waals surface area contributed by atoms with E-state index in [0.29, 0.717) is 12.0 Å². The number of benzene rings is 1. The lowest BCUT2D eigenvalue weighted by molar-refractivity contribution is 0.418. The minimum Gasteiger partial charge on any atom is -0.316 e. The van der Waals surface area contributed by atoms with Crippen molar-refractivity contribution in [3.63, 3.8) is 0 Å². The lowest BCUT2D eigenvalue weighted by atomic mass is 9.96. The van der Waals surface area contributed by atoms with E-state index in [0.717, 1.165) is 16.5 Å². The lowest BCUT2D eigenvalue weighted by Gasteiger charge is -2.20. The third-order valence-corrected chi connectivity index (χ3v) is 3.12. The molecule has 0 heterocycles. The zero-order valence-corrected chi connectivity index (χ0v) is 10.9. The quantitative estimate of drug-likeness (QED) is 0.887. The monoisotopic (exact) mass is 273 g/mol. The van der Waals surface area contributed by atoms with Crippen LogP contribution in [0.15, 0.2) is 22.7 Å². The molecule has 15 heavy (non-hydrogen) atoms. The fourth-order valence-corrected chi connectivity index (χ4v) is 2.02. The van der Waals surface area contributed by atoms with Gasteiger partial charge in [0.05, 0.1) is 0 Å². The molecule has 1 rings (SSSR count). The Bertz CT molecular complexity index is 325. The summed E-state index contributed by atoms with van der Waals surface area (Å²) in [5.74, 6) is 0.368. The summed E-state index contributed by atoms with van der Waals surface area (Å²) in [6.07, 6.45) is 0.722. The lowest BCUT2D eigenvalue weighted by Crippen LogP contribution is -2.33. The molecule has 0 aliphatic carbocycles. The molecule has 3 heteroatoms. The van der Waals surface area contributed by atoms with Crippen LogP contribution in [0.25, 0.3) is 0 Å². The molecular weight excluding hydrogens is 257 g/mol. The highest BCUT2D eigenvalue weighted by Crippen LogP contribution is 2.18. The predicted octanol–water partition coefficient (Wildman–Crippen LogP) is 3.37. The van der Waals surface area contributed by atoms with Gasteiger partial charge in [0.25, 0.3) is 0 Å². The van der Waals surface area contributed by atoms with Crippen LogP contribution < -0.4 is 5.32 Å². The van der Waals surface area contributed by atoms with Crippen molar-refractivity contribution in [3.8, 4) is 0 Å². The highest BCUT2D eigenvalue weighted by molar-refractivity contribution is 9.10. The second kappa shape index (κ2) is 5.61. The summed E-state index contributed by atoms with van der Waals surface area (Å²) in [5.41, 5.74) is 0.762. The highest BCUT2D eigenvalue weighted by atomic mass is 79.9. The molecule has 0 spiro atoms. The van der Waals surface area contributed by atoms with Crippen molar-refractivity contribution >= 4 is 15.9 Å². The van der Waals surface area contributed by atoms with E-state index < -0.39 is 0 Å². The summed E-state index contributed by atoms with van der Waals surface area (Å²) in [5, 5.41) is 3.21. The van der Waals surface area contributed by atoms with Crippen LogP contribution in [-0.2, 0) is 6.42 Å². The number of hydrogen-bond acceptors (Lipinski definition) is 1. The summed E-state index contributed by atoms with van der Waals surface area (Å²) in [6, 6.07) is 5.39. The first-order chi connectivity index (χ1) is 7.04. The number of rotatable bonds is 4. The van der Waals surface area contributed by atoms with Crippen molar-refractivity contribution < 1.29 is 4.39 Å². The molecule has 0 aliphatic rings. The van der Waals surface area contributed by atoms with Crippen molar-refractivity contribution in [2.75, 3.05) is 7.05 Å². The minimum absolute atomic E-state index is 0.126. The zero-order chi connectivity index (χ0) is 11.4. The van der Waals surface area contributed by atoms with Gasteiger partial charge in [0.2, 0.25) is 0 Å². The Labute approximate surface area is 99.2 Å². The second-order valence-electron chi connectivity index (χ2n) is 4.08. The molecule has 0 aliphatic heterocycles. The maximum absolute atomic E-state index is 13.5. The molecule has 0 bridgehead atoms. The second-order valence-corrected chi connectivity index (χ2v) is 4.99. The predicted molar refractivity (Wildman–Crippen MR) is 65.5 cm³/mol. The maximum atomic E-state index is 13.5. The number of nitrogens with one attached hydrogen (secondary N) is 1. The molecule has 0 amide bonds. The van der Waals surface area contributed by atoms with Gasteiger partial charge in [-0.2, -0.15) is 0 Å². The maximum Gasteiger partial charge on any atom is 0.126 e. The third-order valence-electron chi connectivity index (χ3n) is 2.62. The van der Waals surface area contributed by atoms with Gasteiger partial charge < -0.3 is 5.32 Å². The van der Waals surface area contributed by atoms with Gasteiger partial charge in [-0.1, -0.05) is 29.8 Å². The Morgan fingerprint density at radius 2 is 2.07 bits per heavy atom. The number of likely N-dealkylation sites (N-methyl/N-ethyl adjacent to an activating group) is 1. The summed E-state index contributed by atoms with van der Waals surface area (Å²) >= 11 is 3.36. The molecule has 1 N–H and O–H groups in total. The summed E-state index contributed by atoms with van der Waals surface area (Å²) in [4.78, 5) is 0. The van der Waals surface area contributed by atoms with Crippen LogP contribution in [0.1, 0.15) is 19.4 Å². The fraction of sp³-hybridized carbons (Fsp3) is 0.500. The van der Waals surface area contributed by atoms with Crippen LogP contribution in [0.5, 0.6) is 0 Å². The van der Waals surface area contributed by atoms with Crippen molar-refractivity contribution in [3.05, 3.63) is 34.1 Å². The summed E-state index contributed by atoms with van der Waals surface area (Å²) in [7, 11) is 1.92. The topological polar surface area (TPSA) is 12.0 Å². The molecule has 0 saturated carbocycles. The minimum atomic E-state index is -0.126. The average molecular weight is 274 g/mol. The molecule has 0 aromatic heterocycles. The Balaban J connectivity index is 2.82. The van der Waals surface area contributed by atoms with Crippen LogP contribution >= 0.6 is 15.9 Å². The standard InChI is InChI=1S/C12H17BrFN/c1-8(2)12(15-3)7-9-6-10(13)4-5-11(9)14/h4-6,8,12,15H,7H2,1-3H3. The highest BCUT2D eigenvalue weighted by Gasteiger charge is 2.14. The molecule has 1 unspecified atom stereocenters.